The van der Waals surface area contributed by atoms with E-state index >= 15 is 0 Å². The van der Waals surface area contributed by atoms with E-state index in [1.807, 2.05) is 0 Å². The molecule has 0 saturated heterocycles. The van der Waals surface area contributed by atoms with E-state index in [-0.39, 0.29) is 18.0 Å². The molecule has 1 aromatic rings. The zero-order valence-corrected chi connectivity index (χ0v) is 8.80. The summed E-state index contributed by atoms with van der Waals surface area (Å²) < 4.78 is 31.7. The molecule has 0 N–H and O–H groups in total. The molecule has 1 rings (SSSR count). The Morgan fingerprint density at radius 2 is 2.00 bits per heavy atom. The lowest BCUT2D eigenvalue weighted by Gasteiger charge is -2.13. The van der Waals surface area contributed by atoms with Gasteiger partial charge in [-0.25, -0.2) is 8.78 Å². The molecule has 0 atom stereocenters. The van der Waals surface area contributed by atoms with Gasteiger partial charge in [-0.15, -0.1) is 0 Å². The Hall–Kier alpha value is -1.45. The van der Waals surface area contributed by atoms with Crippen molar-refractivity contribution in [1.29, 1.82) is 0 Å². The summed E-state index contributed by atoms with van der Waals surface area (Å²) in [6, 6.07) is 1.14. The van der Waals surface area contributed by atoms with E-state index in [9.17, 15) is 13.6 Å². The van der Waals surface area contributed by atoms with Crippen molar-refractivity contribution < 1.29 is 18.3 Å². The maximum absolute atomic E-state index is 13.6. The van der Waals surface area contributed by atoms with Gasteiger partial charge < -0.3 is 4.74 Å². The maximum atomic E-state index is 13.6. The molecule has 0 heterocycles. The SMILES string of the molecule is COc1c(C(C)C)cc(F)c(C=O)c1F. The lowest BCUT2D eigenvalue weighted by Crippen LogP contribution is -2.03. The van der Waals surface area contributed by atoms with Gasteiger partial charge in [0.2, 0.25) is 0 Å². The lowest BCUT2D eigenvalue weighted by molar-refractivity contribution is 0.111. The lowest BCUT2D eigenvalue weighted by atomic mass is 9.99. The van der Waals surface area contributed by atoms with Crippen LogP contribution in [-0.4, -0.2) is 13.4 Å². The van der Waals surface area contributed by atoms with Crippen LogP contribution < -0.4 is 4.74 Å². The predicted molar refractivity (Wildman–Crippen MR) is 52.4 cm³/mol. The van der Waals surface area contributed by atoms with Crippen LogP contribution in [0.15, 0.2) is 6.07 Å². The standard InChI is InChI=1S/C11H12F2O2/c1-6(2)7-4-9(12)8(5-14)10(13)11(7)15-3/h4-6H,1-3H3. The number of methoxy groups -OCH3 is 1. The van der Waals surface area contributed by atoms with E-state index in [0.29, 0.717) is 5.56 Å². The summed E-state index contributed by atoms with van der Waals surface area (Å²) in [7, 11) is 1.29. The van der Waals surface area contributed by atoms with Crippen molar-refractivity contribution in [2.45, 2.75) is 19.8 Å². The predicted octanol–water partition coefficient (Wildman–Crippen LogP) is 2.91. The highest BCUT2D eigenvalue weighted by molar-refractivity contribution is 5.77. The Morgan fingerprint density at radius 1 is 1.40 bits per heavy atom. The molecular formula is C11H12F2O2. The van der Waals surface area contributed by atoms with Gasteiger partial charge in [-0.05, 0) is 12.0 Å². The molecule has 0 aliphatic heterocycles. The summed E-state index contributed by atoms with van der Waals surface area (Å²) in [5.41, 5.74) is -0.172. The average Bonchev–Trinajstić information content (AvgIpc) is 2.17. The summed E-state index contributed by atoms with van der Waals surface area (Å²) in [5.74, 6) is -1.93. The number of carbonyl (C=O) groups excluding carboxylic acids is 1. The summed E-state index contributed by atoms with van der Waals surface area (Å²) in [4.78, 5) is 10.5. The highest BCUT2D eigenvalue weighted by Gasteiger charge is 2.20. The van der Waals surface area contributed by atoms with Crippen LogP contribution in [0.5, 0.6) is 5.75 Å². The minimum absolute atomic E-state index is 0.0616. The number of aldehydes is 1. The van der Waals surface area contributed by atoms with Crippen molar-refractivity contribution in [3.8, 4) is 5.75 Å². The fraction of sp³-hybridized carbons (Fsp3) is 0.364. The third kappa shape index (κ3) is 1.98. The van der Waals surface area contributed by atoms with Crippen LogP contribution in [0.25, 0.3) is 0 Å². The Balaban J connectivity index is 3.51. The normalized spacial score (nSPS) is 10.5. The van der Waals surface area contributed by atoms with E-state index < -0.39 is 17.2 Å². The molecule has 0 bridgehead atoms. The van der Waals surface area contributed by atoms with E-state index in [1.165, 1.54) is 7.11 Å². The van der Waals surface area contributed by atoms with Gasteiger partial charge in [0, 0.05) is 5.56 Å². The third-order valence-electron chi connectivity index (χ3n) is 2.18. The Bertz CT molecular complexity index is 387. The van der Waals surface area contributed by atoms with Crippen molar-refractivity contribution >= 4 is 6.29 Å². The largest absolute Gasteiger partial charge is 0.493 e. The molecule has 0 radical (unpaired) electrons. The van der Waals surface area contributed by atoms with Crippen LogP contribution in [-0.2, 0) is 0 Å². The number of hydrogen-bond donors (Lipinski definition) is 0. The number of halogens is 2. The fourth-order valence-electron chi connectivity index (χ4n) is 1.38. The minimum atomic E-state index is -0.934. The van der Waals surface area contributed by atoms with Crippen LogP contribution in [0, 0.1) is 11.6 Å². The highest BCUT2D eigenvalue weighted by atomic mass is 19.1. The molecule has 0 aliphatic carbocycles. The van der Waals surface area contributed by atoms with Gasteiger partial charge in [0.1, 0.15) is 5.82 Å². The number of benzene rings is 1. The molecule has 4 heteroatoms. The first-order valence-electron chi connectivity index (χ1n) is 4.54. The Morgan fingerprint density at radius 3 is 2.40 bits per heavy atom. The third-order valence-corrected chi connectivity index (χ3v) is 2.18. The van der Waals surface area contributed by atoms with Crippen LogP contribution in [0.1, 0.15) is 35.7 Å². The second-order valence-corrected chi connectivity index (χ2v) is 3.48. The molecule has 0 spiro atoms. The summed E-state index contributed by atoms with van der Waals surface area (Å²) >= 11 is 0. The fourth-order valence-corrected chi connectivity index (χ4v) is 1.38. The van der Waals surface area contributed by atoms with E-state index in [4.69, 9.17) is 4.74 Å². The highest BCUT2D eigenvalue weighted by Crippen LogP contribution is 2.32. The molecule has 2 nitrogen and oxygen atoms in total. The van der Waals surface area contributed by atoms with Gasteiger partial charge in [0.25, 0.3) is 0 Å². The monoisotopic (exact) mass is 214 g/mol. The quantitative estimate of drug-likeness (QED) is 0.723. The molecule has 15 heavy (non-hydrogen) atoms. The first-order chi connectivity index (χ1) is 7.02. The first-order valence-corrected chi connectivity index (χ1v) is 4.54. The van der Waals surface area contributed by atoms with Crippen molar-refractivity contribution in [3.05, 3.63) is 28.8 Å². The van der Waals surface area contributed by atoms with Crippen LogP contribution >= 0.6 is 0 Å². The zero-order chi connectivity index (χ0) is 11.6. The summed E-state index contributed by atoms with van der Waals surface area (Å²) in [6.45, 7) is 3.58. The van der Waals surface area contributed by atoms with E-state index in [1.54, 1.807) is 13.8 Å². The summed E-state index contributed by atoms with van der Waals surface area (Å²) in [6.07, 6.45) is 0.150. The van der Waals surface area contributed by atoms with Gasteiger partial charge in [-0.3, -0.25) is 4.79 Å². The van der Waals surface area contributed by atoms with E-state index in [0.717, 1.165) is 6.07 Å². The van der Waals surface area contributed by atoms with E-state index in [2.05, 4.69) is 0 Å². The van der Waals surface area contributed by atoms with Crippen LogP contribution in [0.2, 0.25) is 0 Å². The number of rotatable bonds is 3. The second kappa shape index (κ2) is 4.38. The van der Waals surface area contributed by atoms with Crippen molar-refractivity contribution in [3.63, 3.8) is 0 Å². The van der Waals surface area contributed by atoms with Gasteiger partial charge in [-0.1, -0.05) is 13.8 Å². The van der Waals surface area contributed by atoms with Crippen molar-refractivity contribution in [2.24, 2.45) is 0 Å². The average molecular weight is 214 g/mol. The molecule has 1 aromatic carbocycles. The molecule has 0 amide bonds. The topological polar surface area (TPSA) is 26.3 Å². The second-order valence-electron chi connectivity index (χ2n) is 3.48. The Kier molecular flexibility index (Phi) is 3.39. The molecule has 0 unspecified atom stereocenters. The smallest absolute Gasteiger partial charge is 0.178 e. The minimum Gasteiger partial charge on any atom is -0.493 e. The molecular weight excluding hydrogens is 202 g/mol. The van der Waals surface area contributed by atoms with Gasteiger partial charge in [0.05, 0.1) is 12.7 Å². The van der Waals surface area contributed by atoms with Crippen LogP contribution in [0.4, 0.5) is 8.78 Å². The molecule has 0 aliphatic rings. The van der Waals surface area contributed by atoms with Crippen molar-refractivity contribution in [2.75, 3.05) is 7.11 Å². The first kappa shape index (κ1) is 11.6. The van der Waals surface area contributed by atoms with Crippen molar-refractivity contribution in [1.82, 2.24) is 0 Å². The van der Waals surface area contributed by atoms with Gasteiger partial charge >= 0.3 is 0 Å². The number of ether oxygens (including phenoxy) is 1. The number of hydrogen-bond acceptors (Lipinski definition) is 2. The molecule has 82 valence electrons. The molecule has 0 saturated carbocycles. The maximum Gasteiger partial charge on any atom is 0.178 e. The van der Waals surface area contributed by atoms with Gasteiger partial charge in [0.15, 0.2) is 17.9 Å². The number of carbonyl (C=O) groups is 1. The van der Waals surface area contributed by atoms with Gasteiger partial charge in [-0.2, -0.15) is 0 Å². The Labute approximate surface area is 86.9 Å². The molecule has 0 aromatic heterocycles. The van der Waals surface area contributed by atoms with Crippen LogP contribution in [0.3, 0.4) is 0 Å². The summed E-state index contributed by atoms with van der Waals surface area (Å²) in [5, 5.41) is 0. The molecule has 0 fully saturated rings. The zero-order valence-electron chi connectivity index (χ0n) is 8.80.